The lowest BCUT2D eigenvalue weighted by Gasteiger charge is -2.12. The number of carbonyl (C=O) groups excluding carboxylic acids is 1. The number of thiophene rings is 1. The summed E-state index contributed by atoms with van der Waals surface area (Å²) in [5, 5.41) is 11.7. The number of hydrogen-bond donors (Lipinski definition) is 2. The van der Waals surface area contributed by atoms with E-state index in [0.29, 0.717) is 6.42 Å². The van der Waals surface area contributed by atoms with Gasteiger partial charge in [-0.1, -0.05) is 0 Å². The number of rotatable bonds is 8. The zero-order valence-corrected chi connectivity index (χ0v) is 12.1. The number of aryl methyl sites for hydroxylation is 2. The summed E-state index contributed by atoms with van der Waals surface area (Å²) in [5.74, 6) is 0.119. The quantitative estimate of drug-likeness (QED) is 0.762. The standard InChI is InChI=1S/C14H23NO2S/c1-11(5-4-10-16)15-14(17)7-3-6-13-9-8-12(2)18-13/h8-9,11,16H,3-7,10H2,1-2H3,(H,15,17). The van der Waals surface area contributed by atoms with E-state index >= 15 is 0 Å². The highest BCUT2D eigenvalue weighted by Crippen LogP contribution is 2.17. The van der Waals surface area contributed by atoms with Crippen LogP contribution in [0.2, 0.25) is 0 Å². The number of amides is 1. The summed E-state index contributed by atoms with van der Waals surface area (Å²) in [6, 6.07) is 4.42. The van der Waals surface area contributed by atoms with E-state index in [1.807, 2.05) is 6.92 Å². The molecule has 0 aromatic carbocycles. The van der Waals surface area contributed by atoms with Gasteiger partial charge in [0.15, 0.2) is 0 Å². The van der Waals surface area contributed by atoms with Crippen molar-refractivity contribution in [3.63, 3.8) is 0 Å². The lowest BCUT2D eigenvalue weighted by molar-refractivity contribution is -0.121. The van der Waals surface area contributed by atoms with E-state index in [4.69, 9.17) is 5.11 Å². The van der Waals surface area contributed by atoms with Crippen molar-refractivity contribution in [3.8, 4) is 0 Å². The van der Waals surface area contributed by atoms with Crippen LogP contribution in [0.5, 0.6) is 0 Å². The van der Waals surface area contributed by atoms with Crippen LogP contribution in [-0.2, 0) is 11.2 Å². The molecule has 0 spiro atoms. The molecular weight excluding hydrogens is 246 g/mol. The first-order valence-corrected chi connectivity index (χ1v) is 7.39. The van der Waals surface area contributed by atoms with Gasteiger partial charge in [0.2, 0.25) is 5.91 Å². The van der Waals surface area contributed by atoms with Gasteiger partial charge in [0, 0.05) is 28.8 Å². The second-order valence-electron chi connectivity index (χ2n) is 4.70. The molecule has 102 valence electrons. The first-order chi connectivity index (χ1) is 8.61. The van der Waals surface area contributed by atoms with Crippen LogP contribution in [0.4, 0.5) is 0 Å². The van der Waals surface area contributed by atoms with Crippen molar-refractivity contribution < 1.29 is 9.90 Å². The first kappa shape index (κ1) is 15.2. The third-order valence-corrected chi connectivity index (χ3v) is 3.89. The summed E-state index contributed by atoms with van der Waals surface area (Å²) in [6.45, 7) is 4.28. The topological polar surface area (TPSA) is 49.3 Å². The molecule has 0 aliphatic rings. The largest absolute Gasteiger partial charge is 0.396 e. The molecule has 0 saturated carbocycles. The van der Waals surface area contributed by atoms with Gasteiger partial charge in [0.1, 0.15) is 0 Å². The molecule has 0 bridgehead atoms. The van der Waals surface area contributed by atoms with Crippen LogP contribution in [0, 0.1) is 6.92 Å². The highest BCUT2D eigenvalue weighted by molar-refractivity contribution is 7.11. The highest BCUT2D eigenvalue weighted by Gasteiger charge is 2.07. The summed E-state index contributed by atoms with van der Waals surface area (Å²) in [4.78, 5) is 14.3. The van der Waals surface area contributed by atoms with E-state index in [-0.39, 0.29) is 18.6 Å². The summed E-state index contributed by atoms with van der Waals surface area (Å²) < 4.78 is 0. The van der Waals surface area contributed by atoms with Crippen molar-refractivity contribution in [1.82, 2.24) is 5.32 Å². The van der Waals surface area contributed by atoms with Crippen LogP contribution in [0.1, 0.15) is 42.4 Å². The van der Waals surface area contributed by atoms with E-state index < -0.39 is 0 Å². The van der Waals surface area contributed by atoms with Gasteiger partial charge in [-0.05, 0) is 51.7 Å². The Labute approximate surface area is 113 Å². The molecule has 1 rings (SSSR count). The van der Waals surface area contributed by atoms with Gasteiger partial charge in [-0.2, -0.15) is 0 Å². The molecule has 1 atom stereocenters. The van der Waals surface area contributed by atoms with E-state index in [1.165, 1.54) is 9.75 Å². The van der Waals surface area contributed by atoms with E-state index in [2.05, 4.69) is 24.4 Å². The predicted molar refractivity (Wildman–Crippen MR) is 75.9 cm³/mol. The van der Waals surface area contributed by atoms with Gasteiger partial charge in [0.05, 0.1) is 0 Å². The fourth-order valence-electron chi connectivity index (χ4n) is 1.86. The van der Waals surface area contributed by atoms with Crippen molar-refractivity contribution in [2.75, 3.05) is 6.61 Å². The molecule has 0 fully saturated rings. The molecular formula is C14H23NO2S. The third-order valence-electron chi connectivity index (χ3n) is 2.83. The average molecular weight is 269 g/mol. The van der Waals surface area contributed by atoms with Gasteiger partial charge in [-0.25, -0.2) is 0 Å². The van der Waals surface area contributed by atoms with E-state index in [9.17, 15) is 4.79 Å². The van der Waals surface area contributed by atoms with Crippen LogP contribution >= 0.6 is 11.3 Å². The van der Waals surface area contributed by atoms with Crippen LogP contribution in [-0.4, -0.2) is 23.7 Å². The first-order valence-electron chi connectivity index (χ1n) is 6.57. The normalized spacial score (nSPS) is 12.4. The predicted octanol–water partition coefficient (Wildman–Crippen LogP) is 2.66. The van der Waals surface area contributed by atoms with Gasteiger partial charge >= 0.3 is 0 Å². The fourth-order valence-corrected chi connectivity index (χ4v) is 2.79. The third kappa shape index (κ3) is 6.17. The molecule has 0 aliphatic heterocycles. The van der Waals surface area contributed by atoms with Crippen LogP contribution in [0.3, 0.4) is 0 Å². The van der Waals surface area contributed by atoms with Gasteiger partial charge in [-0.15, -0.1) is 11.3 Å². The second kappa shape index (κ2) is 8.27. The Hall–Kier alpha value is -0.870. The van der Waals surface area contributed by atoms with Crippen molar-refractivity contribution >= 4 is 17.2 Å². The zero-order chi connectivity index (χ0) is 13.4. The van der Waals surface area contributed by atoms with Crippen molar-refractivity contribution in [2.24, 2.45) is 0 Å². The number of aliphatic hydroxyl groups is 1. The Balaban J connectivity index is 2.13. The maximum atomic E-state index is 11.6. The number of nitrogens with one attached hydrogen (secondary N) is 1. The van der Waals surface area contributed by atoms with Crippen LogP contribution < -0.4 is 5.32 Å². The molecule has 2 N–H and O–H groups in total. The molecule has 1 aromatic rings. The molecule has 18 heavy (non-hydrogen) atoms. The van der Waals surface area contributed by atoms with Crippen molar-refractivity contribution in [1.29, 1.82) is 0 Å². The minimum absolute atomic E-state index is 0.119. The summed E-state index contributed by atoms with van der Waals surface area (Å²) in [7, 11) is 0. The minimum Gasteiger partial charge on any atom is -0.396 e. The number of aliphatic hydroxyl groups excluding tert-OH is 1. The van der Waals surface area contributed by atoms with E-state index in [0.717, 1.165) is 25.7 Å². The molecule has 0 radical (unpaired) electrons. The smallest absolute Gasteiger partial charge is 0.220 e. The monoisotopic (exact) mass is 269 g/mol. The van der Waals surface area contributed by atoms with Crippen LogP contribution in [0.25, 0.3) is 0 Å². The minimum atomic E-state index is 0.119. The van der Waals surface area contributed by atoms with E-state index in [1.54, 1.807) is 11.3 Å². The summed E-state index contributed by atoms with van der Waals surface area (Å²) in [5.41, 5.74) is 0. The number of carbonyl (C=O) groups is 1. The Morgan fingerprint density at radius 3 is 2.83 bits per heavy atom. The average Bonchev–Trinajstić information content (AvgIpc) is 2.72. The van der Waals surface area contributed by atoms with Crippen LogP contribution in [0.15, 0.2) is 12.1 Å². The lowest BCUT2D eigenvalue weighted by atomic mass is 10.1. The maximum absolute atomic E-state index is 11.6. The van der Waals surface area contributed by atoms with Crippen molar-refractivity contribution in [3.05, 3.63) is 21.9 Å². The SMILES string of the molecule is Cc1ccc(CCCC(=O)NC(C)CCCO)s1. The molecule has 3 nitrogen and oxygen atoms in total. The Bertz CT molecular complexity index is 362. The molecule has 0 aliphatic carbocycles. The molecule has 1 unspecified atom stereocenters. The maximum Gasteiger partial charge on any atom is 0.220 e. The lowest BCUT2D eigenvalue weighted by Crippen LogP contribution is -2.32. The molecule has 1 aromatic heterocycles. The molecule has 0 saturated heterocycles. The van der Waals surface area contributed by atoms with Gasteiger partial charge < -0.3 is 10.4 Å². The molecule has 1 heterocycles. The number of hydrogen-bond acceptors (Lipinski definition) is 3. The summed E-state index contributed by atoms with van der Waals surface area (Å²) in [6.07, 6.45) is 4.05. The Kier molecular flexibility index (Phi) is 6.98. The Morgan fingerprint density at radius 1 is 1.44 bits per heavy atom. The van der Waals surface area contributed by atoms with Gasteiger partial charge in [-0.3, -0.25) is 4.79 Å². The fraction of sp³-hybridized carbons (Fsp3) is 0.643. The zero-order valence-electron chi connectivity index (χ0n) is 11.2. The van der Waals surface area contributed by atoms with Crippen molar-refractivity contribution in [2.45, 2.75) is 52.0 Å². The summed E-state index contributed by atoms with van der Waals surface area (Å²) >= 11 is 1.80. The Morgan fingerprint density at radius 2 is 2.22 bits per heavy atom. The molecule has 4 heteroatoms. The highest BCUT2D eigenvalue weighted by atomic mass is 32.1. The second-order valence-corrected chi connectivity index (χ2v) is 6.07. The van der Waals surface area contributed by atoms with Gasteiger partial charge in [0.25, 0.3) is 0 Å². The molecule has 1 amide bonds.